The molecule has 2 aliphatic heterocycles. The predicted molar refractivity (Wildman–Crippen MR) is 140 cm³/mol. The maximum atomic E-state index is 12.9. The standard InChI is InChI=1S/C29H38O11/c1-5-9-21-12-13-23(33)26(39-21)29(38-19(4)32)28-25(34)27(36-15-20-10-7-6-8-11-20)24(40-28)14-22(37-18(3)31)16-35-17(2)30/h5-8,10-11,21-22,24-29,34H,1,9,12-16H2,2-4H3/t21?,22-,24?,25?,26+,27?,28?,29-/m1/s1. The Morgan fingerprint density at radius 2 is 1.77 bits per heavy atom. The van der Waals surface area contributed by atoms with E-state index in [-0.39, 0.29) is 37.9 Å². The molecule has 0 aromatic heterocycles. The number of ketones is 1. The van der Waals surface area contributed by atoms with Crippen LogP contribution in [0.4, 0.5) is 0 Å². The zero-order valence-corrected chi connectivity index (χ0v) is 23.1. The molecule has 2 fully saturated rings. The Hall–Kier alpha value is -3.12. The van der Waals surface area contributed by atoms with Gasteiger partial charge < -0.3 is 33.5 Å². The predicted octanol–water partition coefficient (Wildman–Crippen LogP) is 2.21. The van der Waals surface area contributed by atoms with Gasteiger partial charge in [0, 0.05) is 33.6 Å². The van der Waals surface area contributed by atoms with Crippen LogP contribution < -0.4 is 0 Å². The Labute approximate surface area is 233 Å². The van der Waals surface area contributed by atoms with E-state index in [1.807, 2.05) is 30.3 Å². The van der Waals surface area contributed by atoms with Crippen LogP contribution in [0.25, 0.3) is 0 Å². The van der Waals surface area contributed by atoms with Crippen molar-refractivity contribution in [1.82, 2.24) is 0 Å². The summed E-state index contributed by atoms with van der Waals surface area (Å²) in [6, 6.07) is 9.26. The third-order valence-corrected chi connectivity index (χ3v) is 6.68. The fraction of sp³-hybridized carbons (Fsp3) is 0.586. The van der Waals surface area contributed by atoms with E-state index in [4.69, 9.17) is 28.4 Å². The number of rotatable bonds is 13. The van der Waals surface area contributed by atoms with E-state index in [2.05, 4.69) is 6.58 Å². The van der Waals surface area contributed by atoms with Crippen molar-refractivity contribution in [3.05, 3.63) is 48.6 Å². The molecule has 0 bridgehead atoms. The molecule has 11 nitrogen and oxygen atoms in total. The van der Waals surface area contributed by atoms with Crippen molar-refractivity contribution in [3.63, 3.8) is 0 Å². The summed E-state index contributed by atoms with van der Waals surface area (Å²) >= 11 is 0. The second kappa shape index (κ2) is 15.0. The van der Waals surface area contributed by atoms with Crippen molar-refractivity contribution < 1.29 is 52.7 Å². The summed E-state index contributed by atoms with van der Waals surface area (Å²) in [6.45, 7) is 7.25. The first-order valence-electron chi connectivity index (χ1n) is 13.3. The Kier molecular flexibility index (Phi) is 11.8. The molecule has 3 rings (SSSR count). The summed E-state index contributed by atoms with van der Waals surface area (Å²) in [5.74, 6) is -2.11. The van der Waals surface area contributed by atoms with Gasteiger partial charge in [-0.15, -0.1) is 6.58 Å². The molecule has 2 saturated heterocycles. The molecule has 2 heterocycles. The Bertz CT molecular complexity index is 1030. The highest BCUT2D eigenvalue weighted by Crippen LogP contribution is 2.35. The van der Waals surface area contributed by atoms with Crippen molar-refractivity contribution in [2.45, 2.75) is 102 Å². The van der Waals surface area contributed by atoms with E-state index in [0.717, 1.165) is 5.56 Å². The van der Waals surface area contributed by atoms with Crippen molar-refractivity contribution in [1.29, 1.82) is 0 Å². The van der Waals surface area contributed by atoms with E-state index < -0.39 is 60.6 Å². The quantitative estimate of drug-likeness (QED) is 0.215. The van der Waals surface area contributed by atoms with E-state index >= 15 is 0 Å². The summed E-state index contributed by atoms with van der Waals surface area (Å²) in [7, 11) is 0. The van der Waals surface area contributed by atoms with Crippen LogP contribution in [-0.4, -0.2) is 84.2 Å². The number of carbonyl (C=O) groups excluding carboxylic acids is 4. The zero-order valence-electron chi connectivity index (χ0n) is 23.1. The van der Waals surface area contributed by atoms with Gasteiger partial charge in [0.2, 0.25) is 0 Å². The molecule has 0 saturated carbocycles. The van der Waals surface area contributed by atoms with Crippen LogP contribution in [0.5, 0.6) is 0 Å². The van der Waals surface area contributed by atoms with Crippen LogP contribution in [-0.2, 0) is 54.2 Å². The van der Waals surface area contributed by atoms with Crippen LogP contribution in [0.2, 0.25) is 0 Å². The molecule has 8 atom stereocenters. The topological polar surface area (TPSA) is 144 Å². The molecule has 220 valence electrons. The molecule has 5 unspecified atom stereocenters. The molecular formula is C29H38O11. The van der Waals surface area contributed by atoms with Crippen LogP contribution in [0.1, 0.15) is 52.0 Å². The fourth-order valence-electron chi connectivity index (χ4n) is 4.96. The second-order valence-corrected chi connectivity index (χ2v) is 9.94. The molecule has 0 radical (unpaired) electrons. The number of esters is 3. The number of Topliss-reactive ketones (excluding diaryl/α,β-unsaturated/α-hetero) is 1. The van der Waals surface area contributed by atoms with Crippen LogP contribution in [0, 0.1) is 0 Å². The monoisotopic (exact) mass is 562 g/mol. The van der Waals surface area contributed by atoms with Crippen LogP contribution >= 0.6 is 0 Å². The van der Waals surface area contributed by atoms with Gasteiger partial charge in [-0.2, -0.15) is 0 Å². The Balaban J connectivity index is 1.89. The van der Waals surface area contributed by atoms with E-state index in [1.54, 1.807) is 6.08 Å². The summed E-state index contributed by atoms with van der Waals surface area (Å²) in [5, 5.41) is 11.5. The highest BCUT2D eigenvalue weighted by molar-refractivity contribution is 5.85. The molecule has 40 heavy (non-hydrogen) atoms. The van der Waals surface area contributed by atoms with E-state index in [0.29, 0.717) is 12.8 Å². The minimum absolute atomic E-state index is 0.00870. The number of aliphatic hydroxyl groups excluding tert-OH is 1. The SMILES string of the molecule is C=CCC1CCC(=O)[C@@H]([C@@H](OC(C)=O)C2OC(C[C@H](COC(C)=O)OC(C)=O)C(OCc3ccccc3)C2O)O1. The van der Waals surface area contributed by atoms with Crippen LogP contribution in [0.15, 0.2) is 43.0 Å². The average Bonchev–Trinajstić information content (AvgIpc) is 3.20. The fourth-order valence-corrected chi connectivity index (χ4v) is 4.96. The molecule has 0 aliphatic carbocycles. The van der Waals surface area contributed by atoms with Crippen LogP contribution in [0.3, 0.4) is 0 Å². The highest BCUT2D eigenvalue weighted by Gasteiger charge is 2.53. The van der Waals surface area contributed by atoms with Crippen molar-refractivity contribution in [3.8, 4) is 0 Å². The molecule has 1 aromatic rings. The molecule has 1 aromatic carbocycles. The van der Waals surface area contributed by atoms with Crippen molar-refractivity contribution in [2.75, 3.05) is 6.61 Å². The first-order valence-corrected chi connectivity index (χ1v) is 13.3. The average molecular weight is 563 g/mol. The second-order valence-electron chi connectivity index (χ2n) is 9.94. The first-order chi connectivity index (χ1) is 19.1. The number of hydrogen-bond acceptors (Lipinski definition) is 11. The van der Waals surface area contributed by atoms with Gasteiger partial charge >= 0.3 is 17.9 Å². The molecule has 0 spiro atoms. The maximum Gasteiger partial charge on any atom is 0.303 e. The third kappa shape index (κ3) is 8.95. The smallest absolute Gasteiger partial charge is 0.303 e. The normalized spacial score (nSPS) is 27.9. The third-order valence-electron chi connectivity index (χ3n) is 6.68. The van der Waals surface area contributed by atoms with E-state index in [1.165, 1.54) is 20.8 Å². The lowest BCUT2D eigenvalue weighted by Gasteiger charge is -2.36. The number of hydrogen-bond donors (Lipinski definition) is 1. The Morgan fingerprint density at radius 1 is 1.07 bits per heavy atom. The summed E-state index contributed by atoms with van der Waals surface area (Å²) in [4.78, 5) is 48.2. The zero-order chi connectivity index (χ0) is 29.2. The molecular weight excluding hydrogens is 524 g/mol. The molecule has 2 aliphatic rings. The number of ether oxygens (including phenoxy) is 6. The minimum Gasteiger partial charge on any atom is -0.462 e. The first kappa shape index (κ1) is 31.4. The summed E-state index contributed by atoms with van der Waals surface area (Å²) in [5.41, 5.74) is 0.836. The van der Waals surface area contributed by atoms with Gasteiger partial charge in [0.1, 0.15) is 31.0 Å². The van der Waals surface area contributed by atoms with Gasteiger partial charge in [0.05, 0.1) is 18.8 Å². The summed E-state index contributed by atoms with van der Waals surface area (Å²) in [6.07, 6.45) is -5.17. The van der Waals surface area contributed by atoms with Gasteiger partial charge in [-0.1, -0.05) is 36.4 Å². The van der Waals surface area contributed by atoms with Gasteiger partial charge in [-0.3, -0.25) is 19.2 Å². The molecule has 1 N–H and O–H groups in total. The maximum absolute atomic E-state index is 12.9. The lowest BCUT2D eigenvalue weighted by atomic mass is 9.92. The van der Waals surface area contributed by atoms with Gasteiger partial charge in [0.15, 0.2) is 18.0 Å². The number of benzene rings is 1. The highest BCUT2D eigenvalue weighted by atomic mass is 16.6. The van der Waals surface area contributed by atoms with Gasteiger partial charge in [-0.05, 0) is 18.4 Å². The van der Waals surface area contributed by atoms with E-state index in [9.17, 15) is 24.3 Å². The summed E-state index contributed by atoms with van der Waals surface area (Å²) < 4.78 is 34.3. The minimum atomic E-state index is -1.35. The van der Waals surface area contributed by atoms with Crippen molar-refractivity contribution >= 4 is 23.7 Å². The number of aliphatic hydroxyl groups is 1. The van der Waals surface area contributed by atoms with Gasteiger partial charge in [-0.25, -0.2) is 0 Å². The van der Waals surface area contributed by atoms with Crippen molar-refractivity contribution in [2.24, 2.45) is 0 Å². The lowest BCUT2D eigenvalue weighted by molar-refractivity contribution is -0.191. The molecule has 0 amide bonds. The molecule has 11 heteroatoms. The number of carbonyl (C=O) groups is 4. The largest absolute Gasteiger partial charge is 0.462 e. The van der Waals surface area contributed by atoms with Gasteiger partial charge in [0.25, 0.3) is 0 Å². The Morgan fingerprint density at radius 3 is 2.40 bits per heavy atom. The lowest BCUT2D eigenvalue weighted by Crippen LogP contribution is -2.53.